The largest absolute Gasteiger partial charge is 0.454 e. The number of carbonyl (C=O) groups is 2. The Morgan fingerprint density at radius 1 is 1.03 bits per heavy atom. The van der Waals surface area contributed by atoms with Gasteiger partial charge in [0.25, 0.3) is 5.91 Å². The highest BCUT2D eigenvalue weighted by atomic mass is 19.1. The highest BCUT2D eigenvalue weighted by Crippen LogP contribution is 2.31. The van der Waals surface area contributed by atoms with Gasteiger partial charge in [0.15, 0.2) is 0 Å². The number of halogens is 1. The van der Waals surface area contributed by atoms with Gasteiger partial charge in [-0.1, -0.05) is 48.5 Å². The first-order valence-electron chi connectivity index (χ1n) is 9.52. The van der Waals surface area contributed by atoms with Gasteiger partial charge in [0.1, 0.15) is 11.9 Å². The van der Waals surface area contributed by atoms with E-state index >= 15 is 0 Å². The lowest BCUT2D eigenvalue weighted by Gasteiger charge is -2.25. The van der Waals surface area contributed by atoms with E-state index in [1.54, 1.807) is 36.4 Å². The van der Waals surface area contributed by atoms with Crippen LogP contribution in [0.25, 0.3) is 0 Å². The summed E-state index contributed by atoms with van der Waals surface area (Å²) in [5.74, 6) is -0.910. The second-order valence-corrected chi connectivity index (χ2v) is 6.98. The standard InChI is InChI=1S/C24H20FNO3/c25-21-9-5-4-6-16(21)12-13-26-23(27)18-10-11-20-19(14-18)15-22(29-24(20)28)17-7-2-1-3-8-17/h1-11,14,22H,12-13,15H2,(H,26,27)/t22-/m0/s1. The number of benzene rings is 3. The monoisotopic (exact) mass is 389 g/mol. The van der Waals surface area contributed by atoms with E-state index in [0.717, 1.165) is 11.1 Å². The summed E-state index contributed by atoms with van der Waals surface area (Å²) in [5.41, 5.74) is 3.23. The Hall–Kier alpha value is -3.47. The molecular formula is C24H20FNO3. The van der Waals surface area contributed by atoms with Gasteiger partial charge in [0.2, 0.25) is 0 Å². The van der Waals surface area contributed by atoms with Crippen LogP contribution in [-0.4, -0.2) is 18.4 Å². The van der Waals surface area contributed by atoms with Crippen molar-refractivity contribution >= 4 is 11.9 Å². The van der Waals surface area contributed by atoms with Crippen molar-refractivity contribution in [2.45, 2.75) is 18.9 Å². The van der Waals surface area contributed by atoms with E-state index in [1.807, 2.05) is 30.3 Å². The molecule has 3 aromatic carbocycles. The van der Waals surface area contributed by atoms with Gasteiger partial charge in [0, 0.05) is 18.5 Å². The lowest BCUT2D eigenvalue weighted by atomic mass is 9.93. The van der Waals surface area contributed by atoms with Crippen molar-refractivity contribution in [1.29, 1.82) is 0 Å². The zero-order valence-corrected chi connectivity index (χ0v) is 15.7. The zero-order valence-electron chi connectivity index (χ0n) is 15.7. The maximum atomic E-state index is 13.7. The topological polar surface area (TPSA) is 55.4 Å². The Morgan fingerprint density at radius 3 is 2.59 bits per heavy atom. The van der Waals surface area contributed by atoms with Crippen molar-refractivity contribution in [1.82, 2.24) is 5.32 Å². The average molecular weight is 389 g/mol. The molecule has 0 fully saturated rings. The number of fused-ring (bicyclic) bond motifs is 1. The lowest BCUT2D eigenvalue weighted by molar-refractivity contribution is 0.0252. The molecule has 0 aromatic heterocycles. The van der Waals surface area contributed by atoms with E-state index in [4.69, 9.17) is 4.74 Å². The molecule has 0 saturated heterocycles. The van der Waals surface area contributed by atoms with Crippen molar-refractivity contribution in [2.75, 3.05) is 6.54 Å². The lowest BCUT2D eigenvalue weighted by Crippen LogP contribution is -2.27. The molecule has 0 saturated carbocycles. The number of esters is 1. The fourth-order valence-corrected chi connectivity index (χ4v) is 3.50. The first-order chi connectivity index (χ1) is 14.1. The van der Waals surface area contributed by atoms with Crippen molar-refractivity contribution < 1.29 is 18.7 Å². The van der Waals surface area contributed by atoms with Crippen molar-refractivity contribution in [3.63, 3.8) is 0 Å². The van der Waals surface area contributed by atoms with Gasteiger partial charge < -0.3 is 10.1 Å². The number of nitrogens with one attached hydrogen (secondary N) is 1. The van der Waals surface area contributed by atoms with Gasteiger partial charge in [-0.25, -0.2) is 9.18 Å². The Morgan fingerprint density at radius 2 is 1.79 bits per heavy atom. The van der Waals surface area contributed by atoms with Crippen molar-refractivity contribution in [3.05, 3.63) is 106 Å². The molecule has 29 heavy (non-hydrogen) atoms. The Bertz CT molecular complexity index is 1050. The predicted octanol–water partition coefficient (Wildman–Crippen LogP) is 4.25. The average Bonchev–Trinajstić information content (AvgIpc) is 2.75. The fourth-order valence-electron chi connectivity index (χ4n) is 3.50. The second kappa shape index (κ2) is 8.27. The van der Waals surface area contributed by atoms with Gasteiger partial charge in [-0.2, -0.15) is 0 Å². The maximum absolute atomic E-state index is 13.7. The van der Waals surface area contributed by atoms with Gasteiger partial charge in [-0.3, -0.25) is 4.79 Å². The summed E-state index contributed by atoms with van der Waals surface area (Å²) in [6, 6.07) is 21.0. The molecule has 1 aliphatic rings. The Balaban J connectivity index is 1.45. The fraction of sp³-hybridized carbons (Fsp3) is 0.167. The molecule has 0 aliphatic carbocycles. The van der Waals surface area contributed by atoms with Gasteiger partial charge in [-0.15, -0.1) is 0 Å². The van der Waals surface area contributed by atoms with Crippen LogP contribution >= 0.6 is 0 Å². The number of amides is 1. The number of rotatable bonds is 5. The second-order valence-electron chi connectivity index (χ2n) is 6.98. The molecule has 1 aliphatic heterocycles. The summed E-state index contributed by atoms with van der Waals surface area (Å²) in [5, 5.41) is 2.81. The molecule has 146 valence electrons. The van der Waals surface area contributed by atoms with Gasteiger partial charge in [-0.05, 0) is 47.4 Å². The summed E-state index contributed by atoms with van der Waals surface area (Å²) in [4.78, 5) is 24.9. The molecule has 1 amide bonds. The first-order valence-corrected chi connectivity index (χ1v) is 9.52. The minimum Gasteiger partial charge on any atom is -0.454 e. The minimum absolute atomic E-state index is 0.251. The van der Waals surface area contributed by atoms with E-state index in [-0.39, 0.29) is 23.8 Å². The van der Waals surface area contributed by atoms with Crippen LogP contribution in [0.4, 0.5) is 4.39 Å². The molecule has 0 radical (unpaired) electrons. The predicted molar refractivity (Wildman–Crippen MR) is 107 cm³/mol. The number of cyclic esters (lactones) is 1. The zero-order chi connectivity index (χ0) is 20.2. The number of hydrogen-bond donors (Lipinski definition) is 1. The van der Waals surface area contributed by atoms with Gasteiger partial charge in [0.05, 0.1) is 5.56 Å². The van der Waals surface area contributed by atoms with Gasteiger partial charge >= 0.3 is 5.97 Å². The molecule has 1 atom stereocenters. The van der Waals surface area contributed by atoms with Crippen LogP contribution in [0, 0.1) is 5.82 Å². The summed E-state index contributed by atoms with van der Waals surface area (Å²) in [6.45, 7) is 0.325. The maximum Gasteiger partial charge on any atom is 0.339 e. The quantitative estimate of drug-likeness (QED) is 0.664. The van der Waals surface area contributed by atoms with Crippen LogP contribution in [0.1, 0.15) is 43.5 Å². The van der Waals surface area contributed by atoms with Crippen LogP contribution in [0.5, 0.6) is 0 Å². The molecule has 1 heterocycles. The minimum atomic E-state index is -0.383. The third-order valence-electron chi connectivity index (χ3n) is 5.05. The molecule has 1 N–H and O–H groups in total. The molecule has 3 aromatic rings. The van der Waals surface area contributed by atoms with Crippen LogP contribution in [-0.2, 0) is 17.6 Å². The summed E-state index contributed by atoms with van der Waals surface area (Å²) in [7, 11) is 0. The van der Waals surface area contributed by atoms with Crippen LogP contribution in [0.15, 0.2) is 72.8 Å². The third-order valence-corrected chi connectivity index (χ3v) is 5.05. The molecule has 4 nitrogen and oxygen atoms in total. The Kier molecular flexibility index (Phi) is 5.38. The van der Waals surface area contributed by atoms with Crippen LogP contribution in [0.2, 0.25) is 0 Å². The van der Waals surface area contributed by atoms with E-state index in [9.17, 15) is 14.0 Å². The van der Waals surface area contributed by atoms with E-state index in [1.165, 1.54) is 6.07 Å². The number of carbonyl (C=O) groups excluding carboxylic acids is 2. The van der Waals surface area contributed by atoms with E-state index < -0.39 is 0 Å². The molecule has 0 spiro atoms. The molecule has 0 bridgehead atoms. The van der Waals surface area contributed by atoms with E-state index in [2.05, 4.69) is 5.32 Å². The third kappa shape index (κ3) is 4.19. The summed E-state index contributed by atoms with van der Waals surface area (Å²) >= 11 is 0. The van der Waals surface area contributed by atoms with Crippen molar-refractivity contribution in [3.8, 4) is 0 Å². The molecule has 0 unspecified atom stereocenters. The number of hydrogen-bond acceptors (Lipinski definition) is 3. The van der Waals surface area contributed by atoms with Crippen molar-refractivity contribution in [2.24, 2.45) is 0 Å². The smallest absolute Gasteiger partial charge is 0.339 e. The highest BCUT2D eigenvalue weighted by Gasteiger charge is 2.28. The highest BCUT2D eigenvalue weighted by molar-refractivity contribution is 5.97. The molecule has 5 heteroatoms. The molecular weight excluding hydrogens is 369 g/mol. The van der Waals surface area contributed by atoms with Crippen LogP contribution in [0.3, 0.4) is 0 Å². The Labute approximate surface area is 168 Å². The normalized spacial score (nSPS) is 15.3. The first kappa shape index (κ1) is 18.9. The summed E-state index contributed by atoms with van der Waals surface area (Å²) in [6.07, 6.45) is 0.559. The van der Waals surface area contributed by atoms with Crippen LogP contribution < -0.4 is 5.32 Å². The van der Waals surface area contributed by atoms with E-state index in [0.29, 0.717) is 36.1 Å². The number of ether oxygens (including phenoxy) is 1. The molecule has 4 rings (SSSR count). The SMILES string of the molecule is O=C(NCCc1ccccc1F)c1ccc2c(c1)C[C@@H](c1ccccc1)OC2=O. The summed E-state index contributed by atoms with van der Waals surface area (Å²) < 4.78 is 19.2.